The van der Waals surface area contributed by atoms with E-state index in [0.29, 0.717) is 24.3 Å². The minimum Gasteiger partial charge on any atom is -0.444 e. The lowest BCUT2D eigenvalue weighted by Crippen LogP contribution is -2.34. The van der Waals surface area contributed by atoms with E-state index >= 15 is 0 Å². The summed E-state index contributed by atoms with van der Waals surface area (Å²) in [5, 5.41) is 20.9. The Balaban J connectivity index is 2.11. The van der Waals surface area contributed by atoms with Crippen molar-refractivity contribution in [2.24, 2.45) is 0 Å². The molecule has 0 unspecified atom stereocenters. The lowest BCUT2D eigenvalue weighted by molar-refractivity contribution is -0.115. The number of benzene rings is 1. The highest BCUT2D eigenvalue weighted by Crippen LogP contribution is 2.25. The molecule has 1 aromatic heterocycles. The SMILES string of the molecule is Cc1oc(NC(=O)CN(CCCO)c2ccccc2)c(C#N)c1C. The van der Waals surface area contributed by atoms with Crippen LogP contribution in [0.2, 0.25) is 0 Å². The highest BCUT2D eigenvalue weighted by molar-refractivity contribution is 5.94. The van der Waals surface area contributed by atoms with Crippen LogP contribution < -0.4 is 10.2 Å². The molecule has 0 saturated heterocycles. The molecule has 0 aliphatic heterocycles. The van der Waals surface area contributed by atoms with Crippen LogP contribution in [-0.4, -0.2) is 30.7 Å². The van der Waals surface area contributed by atoms with E-state index < -0.39 is 0 Å². The first-order valence-corrected chi connectivity index (χ1v) is 7.77. The van der Waals surface area contributed by atoms with Crippen LogP contribution in [0.1, 0.15) is 23.3 Å². The van der Waals surface area contributed by atoms with Gasteiger partial charge in [-0.2, -0.15) is 5.26 Å². The summed E-state index contributed by atoms with van der Waals surface area (Å²) in [7, 11) is 0. The number of furan rings is 1. The van der Waals surface area contributed by atoms with Crippen molar-refractivity contribution < 1.29 is 14.3 Å². The minimum absolute atomic E-state index is 0.0557. The Hall–Kier alpha value is -2.78. The molecule has 0 saturated carbocycles. The average Bonchev–Trinajstić information content (AvgIpc) is 2.85. The van der Waals surface area contributed by atoms with Crippen molar-refractivity contribution >= 4 is 17.5 Å². The Bertz CT molecular complexity index is 732. The zero-order chi connectivity index (χ0) is 17.5. The quantitative estimate of drug-likeness (QED) is 0.816. The molecule has 2 aromatic rings. The topological polar surface area (TPSA) is 89.5 Å². The van der Waals surface area contributed by atoms with Crippen molar-refractivity contribution in [1.29, 1.82) is 5.26 Å². The molecule has 6 heteroatoms. The van der Waals surface area contributed by atoms with Crippen LogP contribution in [0, 0.1) is 25.2 Å². The van der Waals surface area contributed by atoms with Gasteiger partial charge in [0.05, 0.1) is 6.54 Å². The number of hydrogen-bond acceptors (Lipinski definition) is 5. The molecule has 0 atom stereocenters. The van der Waals surface area contributed by atoms with Gasteiger partial charge in [-0.3, -0.25) is 10.1 Å². The van der Waals surface area contributed by atoms with Gasteiger partial charge < -0.3 is 14.4 Å². The van der Waals surface area contributed by atoms with Crippen molar-refractivity contribution in [2.45, 2.75) is 20.3 Å². The molecule has 1 heterocycles. The van der Waals surface area contributed by atoms with E-state index in [2.05, 4.69) is 11.4 Å². The van der Waals surface area contributed by atoms with Gasteiger partial charge in [-0.05, 0) is 32.4 Å². The van der Waals surface area contributed by atoms with Crippen LogP contribution in [0.25, 0.3) is 0 Å². The Labute approximate surface area is 141 Å². The summed E-state index contributed by atoms with van der Waals surface area (Å²) in [6.07, 6.45) is 0.560. The molecule has 0 radical (unpaired) electrons. The van der Waals surface area contributed by atoms with Gasteiger partial charge in [0.25, 0.3) is 0 Å². The molecule has 0 spiro atoms. The van der Waals surface area contributed by atoms with Gasteiger partial charge in [0, 0.05) is 24.4 Å². The number of aliphatic hydroxyl groups is 1. The van der Waals surface area contributed by atoms with E-state index in [1.807, 2.05) is 35.2 Å². The molecular formula is C18H21N3O3. The molecule has 126 valence electrons. The monoisotopic (exact) mass is 327 g/mol. The van der Waals surface area contributed by atoms with Crippen LogP contribution in [0.3, 0.4) is 0 Å². The Kier molecular flexibility index (Phi) is 5.99. The summed E-state index contributed by atoms with van der Waals surface area (Å²) < 4.78 is 5.46. The number of rotatable bonds is 7. The average molecular weight is 327 g/mol. The summed E-state index contributed by atoms with van der Waals surface area (Å²) in [6.45, 7) is 4.25. The third kappa shape index (κ3) is 4.15. The predicted octanol–water partition coefficient (Wildman–Crippen LogP) is 2.60. The number of aliphatic hydroxyl groups excluding tert-OH is 1. The van der Waals surface area contributed by atoms with E-state index in [0.717, 1.165) is 11.3 Å². The van der Waals surface area contributed by atoms with E-state index in [-0.39, 0.29) is 24.9 Å². The Morgan fingerprint density at radius 2 is 2.04 bits per heavy atom. The number of nitrogens with one attached hydrogen (secondary N) is 1. The summed E-state index contributed by atoms with van der Waals surface area (Å²) >= 11 is 0. The van der Waals surface area contributed by atoms with Gasteiger partial charge in [-0.25, -0.2) is 0 Å². The van der Waals surface area contributed by atoms with Crippen molar-refractivity contribution in [1.82, 2.24) is 0 Å². The number of carbonyl (C=O) groups excluding carboxylic acids is 1. The van der Waals surface area contributed by atoms with Gasteiger partial charge in [0.2, 0.25) is 11.8 Å². The molecule has 0 aliphatic rings. The third-order valence-electron chi connectivity index (χ3n) is 3.79. The van der Waals surface area contributed by atoms with Gasteiger partial charge in [0.1, 0.15) is 17.4 Å². The fraction of sp³-hybridized carbons (Fsp3) is 0.333. The summed E-state index contributed by atoms with van der Waals surface area (Å²) in [5.74, 6) is 0.525. The van der Waals surface area contributed by atoms with Crippen LogP contribution in [0.4, 0.5) is 11.6 Å². The number of amides is 1. The molecule has 1 aromatic carbocycles. The van der Waals surface area contributed by atoms with Gasteiger partial charge in [-0.15, -0.1) is 0 Å². The van der Waals surface area contributed by atoms with Crippen molar-refractivity contribution in [3.8, 4) is 6.07 Å². The molecule has 24 heavy (non-hydrogen) atoms. The van der Waals surface area contributed by atoms with Crippen LogP contribution in [-0.2, 0) is 4.79 Å². The number of para-hydroxylation sites is 1. The first-order chi connectivity index (χ1) is 11.6. The number of hydrogen-bond donors (Lipinski definition) is 2. The molecule has 0 aliphatic carbocycles. The summed E-state index contributed by atoms with van der Waals surface area (Å²) in [4.78, 5) is 14.2. The first kappa shape index (κ1) is 17.6. The molecule has 2 rings (SSSR count). The third-order valence-corrected chi connectivity index (χ3v) is 3.79. The van der Waals surface area contributed by atoms with Crippen LogP contribution >= 0.6 is 0 Å². The van der Waals surface area contributed by atoms with Gasteiger partial charge in [-0.1, -0.05) is 18.2 Å². The standard InChI is InChI=1S/C18H21N3O3/c1-13-14(2)24-18(16(13)11-19)20-17(23)12-21(9-6-10-22)15-7-4-3-5-8-15/h3-5,7-8,22H,6,9-10,12H2,1-2H3,(H,20,23). The molecular weight excluding hydrogens is 306 g/mol. The highest BCUT2D eigenvalue weighted by Gasteiger charge is 2.18. The second-order valence-corrected chi connectivity index (χ2v) is 5.48. The normalized spacial score (nSPS) is 10.2. The maximum atomic E-state index is 12.4. The Morgan fingerprint density at radius 3 is 2.67 bits per heavy atom. The predicted molar refractivity (Wildman–Crippen MR) is 91.9 cm³/mol. The maximum Gasteiger partial charge on any atom is 0.246 e. The summed E-state index contributed by atoms with van der Waals surface area (Å²) in [6, 6.07) is 11.6. The fourth-order valence-corrected chi connectivity index (χ4v) is 2.39. The van der Waals surface area contributed by atoms with Gasteiger partial charge in [0.15, 0.2) is 0 Å². The largest absolute Gasteiger partial charge is 0.444 e. The van der Waals surface area contributed by atoms with Crippen molar-refractivity contribution in [3.63, 3.8) is 0 Å². The first-order valence-electron chi connectivity index (χ1n) is 7.77. The second kappa shape index (κ2) is 8.18. The number of nitriles is 1. The minimum atomic E-state index is -0.276. The number of aryl methyl sites for hydroxylation is 1. The fourth-order valence-electron chi connectivity index (χ4n) is 2.39. The zero-order valence-electron chi connectivity index (χ0n) is 13.9. The second-order valence-electron chi connectivity index (χ2n) is 5.48. The number of anilines is 2. The van der Waals surface area contributed by atoms with Crippen LogP contribution in [0.5, 0.6) is 0 Å². The van der Waals surface area contributed by atoms with E-state index in [4.69, 9.17) is 9.52 Å². The number of carbonyl (C=O) groups is 1. The van der Waals surface area contributed by atoms with Gasteiger partial charge >= 0.3 is 0 Å². The van der Waals surface area contributed by atoms with E-state index in [1.54, 1.807) is 13.8 Å². The van der Waals surface area contributed by atoms with Crippen molar-refractivity contribution in [2.75, 3.05) is 29.9 Å². The smallest absolute Gasteiger partial charge is 0.246 e. The zero-order valence-corrected chi connectivity index (χ0v) is 13.9. The molecule has 6 nitrogen and oxygen atoms in total. The molecule has 1 amide bonds. The van der Waals surface area contributed by atoms with Crippen molar-refractivity contribution in [3.05, 3.63) is 47.2 Å². The van der Waals surface area contributed by atoms with E-state index in [1.165, 1.54) is 0 Å². The molecule has 2 N–H and O–H groups in total. The number of nitrogens with zero attached hydrogens (tertiary/aromatic N) is 2. The molecule has 0 fully saturated rings. The molecule has 0 bridgehead atoms. The van der Waals surface area contributed by atoms with Crippen LogP contribution in [0.15, 0.2) is 34.7 Å². The highest BCUT2D eigenvalue weighted by atomic mass is 16.4. The van der Waals surface area contributed by atoms with E-state index in [9.17, 15) is 10.1 Å². The summed E-state index contributed by atoms with van der Waals surface area (Å²) in [5.41, 5.74) is 1.98. The lowest BCUT2D eigenvalue weighted by Gasteiger charge is -2.23. The Morgan fingerprint density at radius 1 is 1.33 bits per heavy atom. The maximum absolute atomic E-state index is 12.4. The lowest BCUT2D eigenvalue weighted by atomic mass is 10.2.